The number of fused-ring (bicyclic) bond motifs is 2. The Labute approximate surface area is 130 Å². The number of likely N-dealkylation sites (tertiary alicyclic amines) is 1. The van der Waals surface area contributed by atoms with Crippen LogP contribution >= 0.6 is 0 Å². The van der Waals surface area contributed by atoms with Gasteiger partial charge in [0.2, 0.25) is 5.91 Å². The van der Waals surface area contributed by atoms with Gasteiger partial charge in [0.1, 0.15) is 11.7 Å². The number of nitrogens with zero attached hydrogens (tertiary/aromatic N) is 4. The summed E-state index contributed by atoms with van der Waals surface area (Å²) in [4.78, 5) is 26.1. The van der Waals surface area contributed by atoms with Gasteiger partial charge in [0.25, 0.3) is 0 Å². The third-order valence-electron chi connectivity index (χ3n) is 5.23. The van der Waals surface area contributed by atoms with Gasteiger partial charge in [-0.05, 0) is 26.8 Å². The molecule has 1 spiro atoms. The quantitative estimate of drug-likeness (QED) is 0.759. The molecule has 1 amide bonds. The van der Waals surface area contributed by atoms with E-state index in [1.54, 1.807) is 6.33 Å². The summed E-state index contributed by atoms with van der Waals surface area (Å²) >= 11 is 0. The van der Waals surface area contributed by atoms with Crippen molar-refractivity contribution in [2.45, 2.75) is 43.9 Å². The second-order valence-electron chi connectivity index (χ2n) is 6.94. The van der Waals surface area contributed by atoms with Crippen LogP contribution in [0.2, 0.25) is 0 Å². The molecule has 2 atom stereocenters. The van der Waals surface area contributed by atoms with Crippen LogP contribution in [0.4, 0.5) is 0 Å². The average molecular weight is 302 g/mol. The van der Waals surface area contributed by atoms with Crippen molar-refractivity contribution in [3.63, 3.8) is 0 Å². The molecule has 1 aromatic heterocycles. The van der Waals surface area contributed by atoms with Crippen molar-refractivity contribution in [2.75, 3.05) is 26.7 Å². The van der Waals surface area contributed by atoms with Gasteiger partial charge in [0.05, 0.1) is 11.8 Å². The molecule has 6 heteroatoms. The highest BCUT2D eigenvalue weighted by Crippen LogP contribution is 2.41. The van der Waals surface area contributed by atoms with Crippen LogP contribution in [0.5, 0.6) is 0 Å². The summed E-state index contributed by atoms with van der Waals surface area (Å²) in [5, 5.41) is 0. The molecule has 2 saturated heterocycles. The number of carbonyl (C=O) groups is 1. The lowest BCUT2D eigenvalue weighted by Crippen LogP contribution is -2.69. The lowest BCUT2D eigenvalue weighted by atomic mass is 9.71. The van der Waals surface area contributed by atoms with E-state index < -0.39 is 5.41 Å². The first-order valence-electron chi connectivity index (χ1n) is 8.01. The van der Waals surface area contributed by atoms with E-state index in [2.05, 4.69) is 33.7 Å². The summed E-state index contributed by atoms with van der Waals surface area (Å²) in [6.07, 6.45) is 5.51. The molecule has 0 N–H and O–H groups in total. The normalized spacial score (nSPS) is 31.0. The van der Waals surface area contributed by atoms with Crippen LogP contribution in [0.3, 0.4) is 0 Å². The van der Waals surface area contributed by atoms with Crippen molar-refractivity contribution in [1.82, 2.24) is 19.8 Å². The molecule has 3 aliphatic rings. The van der Waals surface area contributed by atoms with E-state index in [-0.39, 0.29) is 18.1 Å². The third kappa shape index (κ3) is 1.97. The SMILES string of the molecule is C[C@@H]1C[C@H](N2Cc3cncnc3C3(CN(C)C3)C2=O)CCO1. The molecule has 0 aliphatic carbocycles. The van der Waals surface area contributed by atoms with Crippen LogP contribution in [0, 0.1) is 0 Å². The maximum absolute atomic E-state index is 13.2. The minimum absolute atomic E-state index is 0.222. The second-order valence-corrected chi connectivity index (χ2v) is 6.94. The second kappa shape index (κ2) is 4.99. The van der Waals surface area contributed by atoms with Gasteiger partial charge in [0, 0.05) is 44.0 Å². The van der Waals surface area contributed by atoms with Gasteiger partial charge in [-0.25, -0.2) is 9.97 Å². The number of carbonyl (C=O) groups excluding carboxylic acids is 1. The van der Waals surface area contributed by atoms with Crippen molar-refractivity contribution >= 4 is 5.91 Å². The summed E-state index contributed by atoms with van der Waals surface area (Å²) in [5.41, 5.74) is 1.60. The van der Waals surface area contributed by atoms with Gasteiger partial charge in [-0.1, -0.05) is 0 Å². The van der Waals surface area contributed by atoms with Gasteiger partial charge in [-0.15, -0.1) is 0 Å². The smallest absolute Gasteiger partial charge is 0.238 e. The maximum Gasteiger partial charge on any atom is 0.238 e. The summed E-state index contributed by atoms with van der Waals surface area (Å²) < 4.78 is 5.64. The summed E-state index contributed by atoms with van der Waals surface area (Å²) in [5.74, 6) is 0.246. The number of amides is 1. The predicted octanol–water partition coefficient (Wildman–Crippen LogP) is 0.570. The Bertz CT molecular complexity index is 600. The molecule has 0 aromatic carbocycles. The zero-order valence-electron chi connectivity index (χ0n) is 13.2. The van der Waals surface area contributed by atoms with E-state index >= 15 is 0 Å². The minimum atomic E-state index is -0.452. The summed E-state index contributed by atoms with van der Waals surface area (Å²) in [6, 6.07) is 0.271. The molecule has 1 aromatic rings. The number of hydrogen-bond acceptors (Lipinski definition) is 5. The summed E-state index contributed by atoms with van der Waals surface area (Å²) in [6.45, 7) is 4.97. The molecule has 4 rings (SSSR count). The van der Waals surface area contributed by atoms with Gasteiger partial charge in [-0.3, -0.25) is 4.79 Å². The Hall–Kier alpha value is -1.53. The fourth-order valence-corrected chi connectivity index (χ4v) is 4.25. The fraction of sp³-hybridized carbons (Fsp3) is 0.688. The Morgan fingerprint density at radius 3 is 2.95 bits per heavy atom. The Morgan fingerprint density at radius 2 is 2.23 bits per heavy atom. The molecule has 0 unspecified atom stereocenters. The molecule has 0 radical (unpaired) electrons. The molecule has 4 heterocycles. The molecule has 0 saturated carbocycles. The fourth-order valence-electron chi connectivity index (χ4n) is 4.25. The van der Waals surface area contributed by atoms with Crippen molar-refractivity contribution in [3.8, 4) is 0 Å². The van der Waals surface area contributed by atoms with Crippen LogP contribution in [0.15, 0.2) is 12.5 Å². The monoisotopic (exact) mass is 302 g/mol. The van der Waals surface area contributed by atoms with Gasteiger partial charge in [-0.2, -0.15) is 0 Å². The van der Waals surface area contributed by atoms with Crippen LogP contribution in [-0.2, 0) is 21.5 Å². The number of ether oxygens (including phenoxy) is 1. The van der Waals surface area contributed by atoms with Crippen LogP contribution in [0.1, 0.15) is 31.0 Å². The lowest BCUT2D eigenvalue weighted by molar-refractivity contribution is -0.152. The lowest BCUT2D eigenvalue weighted by Gasteiger charge is -2.53. The van der Waals surface area contributed by atoms with E-state index in [9.17, 15) is 4.79 Å². The molecule has 6 nitrogen and oxygen atoms in total. The van der Waals surface area contributed by atoms with Gasteiger partial charge in [0.15, 0.2) is 0 Å². The van der Waals surface area contributed by atoms with Crippen molar-refractivity contribution in [3.05, 3.63) is 23.8 Å². The molecule has 0 bridgehead atoms. The van der Waals surface area contributed by atoms with Gasteiger partial charge >= 0.3 is 0 Å². The number of hydrogen-bond donors (Lipinski definition) is 0. The van der Waals surface area contributed by atoms with Crippen LogP contribution < -0.4 is 0 Å². The third-order valence-corrected chi connectivity index (χ3v) is 5.23. The average Bonchev–Trinajstić information content (AvgIpc) is 2.48. The predicted molar refractivity (Wildman–Crippen MR) is 80.2 cm³/mol. The van der Waals surface area contributed by atoms with Gasteiger partial charge < -0.3 is 14.5 Å². The molecule has 118 valence electrons. The van der Waals surface area contributed by atoms with Crippen LogP contribution in [0.25, 0.3) is 0 Å². The van der Waals surface area contributed by atoms with Crippen molar-refractivity contribution < 1.29 is 9.53 Å². The van der Waals surface area contributed by atoms with E-state index in [0.29, 0.717) is 6.54 Å². The molecular formula is C16H22N4O2. The number of rotatable bonds is 1. The minimum Gasteiger partial charge on any atom is -0.378 e. The highest BCUT2D eigenvalue weighted by Gasteiger charge is 2.56. The largest absolute Gasteiger partial charge is 0.378 e. The summed E-state index contributed by atoms with van der Waals surface area (Å²) in [7, 11) is 2.05. The van der Waals surface area contributed by atoms with E-state index in [0.717, 1.165) is 43.8 Å². The van der Waals surface area contributed by atoms with Crippen molar-refractivity contribution in [1.29, 1.82) is 0 Å². The Balaban J connectivity index is 1.70. The van der Waals surface area contributed by atoms with Crippen molar-refractivity contribution in [2.24, 2.45) is 0 Å². The zero-order chi connectivity index (χ0) is 15.3. The topological polar surface area (TPSA) is 58.6 Å². The standard InChI is InChI=1S/C16H22N4O2/c1-11-5-13(3-4-22-11)20-7-12-6-17-10-18-14(12)16(15(20)21)8-19(2)9-16/h6,10-11,13H,3-5,7-9H2,1-2H3/t11-,13-/m1/s1. The molecule has 3 aliphatic heterocycles. The highest BCUT2D eigenvalue weighted by atomic mass is 16.5. The molecule has 2 fully saturated rings. The van der Waals surface area contributed by atoms with E-state index in [1.165, 1.54) is 0 Å². The van der Waals surface area contributed by atoms with E-state index in [4.69, 9.17) is 4.74 Å². The highest BCUT2D eigenvalue weighted by molar-refractivity contribution is 5.91. The first-order valence-corrected chi connectivity index (χ1v) is 8.01. The first-order chi connectivity index (χ1) is 10.6. The number of aromatic nitrogens is 2. The van der Waals surface area contributed by atoms with E-state index in [1.807, 2.05) is 6.20 Å². The molecule has 22 heavy (non-hydrogen) atoms. The molecular weight excluding hydrogens is 280 g/mol. The Morgan fingerprint density at radius 1 is 1.41 bits per heavy atom. The first kappa shape index (κ1) is 14.1. The number of likely N-dealkylation sites (N-methyl/N-ethyl adjacent to an activating group) is 1. The zero-order valence-corrected chi connectivity index (χ0v) is 13.2. The Kier molecular flexibility index (Phi) is 3.20. The maximum atomic E-state index is 13.2. The van der Waals surface area contributed by atoms with Crippen LogP contribution in [-0.4, -0.2) is 64.6 Å².